The summed E-state index contributed by atoms with van der Waals surface area (Å²) in [6.07, 6.45) is 22.2. The third-order valence-electron chi connectivity index (χ3n) is 5.41. The maximum absolute atomic E-state index is 6.20. The lowest BCUT2D eigenvalue weighted by atomic mass is 10.0. The largest absolute Gasteiger partial charge is 0.497 e. The Morgan fingerprint density at radius 2 is 1.39 bits per heavy atom. The van der Waals surface area contributed by atoms with Crippen LogP contribution >= 0.6 is 0 Å². The van der Waals surface area contributed by atoms with Gasteiger partial charge in [0, 0.05) is 0 Å². The highest BCUT2D eigenvalue weighted by Crippen LogP contribution is 2.17. The molecule has 1 atom stereocenters. The van der Waals surface area contributed by atoms with Crippen molar-refractivity contribution in [2.24, 2.45) is 0 Å². The molecule has 0 unspecified atom stereocenters. The summed E-state index contributed by atoms with van der Waals surface area (Å²) < 4.78 is 11.4. The molecule has 0 spiro atoms. The molecule has 0 saturated heterocycles. The summed E-state index contributed by atoms with van der Waals surface area (Å²) in [6.45, 7) is 5.06. The molecule has 1 aromatic rings. The molecule has 2 nitrogen and oxygen atoms in total. The molecule has 2 heteroatoms. The van der Waals surface area contributed by atoms with Crippen molar-refractivity contribution >= 4 is 0 Å². The first-order valence-electron chi connectivity index (χ1n) is 11.7. The van der Waals surface area contributed by atoms with Gasteiger partial charge in [-0.2, -0.15) is 0 Å². The third-order valence-corrected chi connectivity index (χ3v) is 5.41. The van der Waals surface area contributed by atoms with Gasteiger partial charge in [-0.3, -0.25) is 0 Å². The van der Waals surface area contributed by atoms with Gasteiger partial charge in [0.1, 0.15) is 5.75 Å². The molecule has 28 heavy (non-hydrogen) atoms. The predicted octanol–water partition coefficient (Wildman–Crippen LogP) is 8.25. The smallest absolute Gasteiger partial charge is 0.118 e. The standard InChI is InChI=1S/C26H44O2/c1-4-6-8-9-10-11-12-13-14-15-16-18-26(17-7-5-2)28-23-24-19-21-25(27-3)22-20-24/h5,7,19-22,26H,4,6,8-18,23H2,1-3H3/b7-5+/t26-/m0/s1. The van der Waals surface area contributed by atoms with Crippen molar-refractivity contribution in [2.45, 2.75) is 110 Å². The van der Waals surface area contributed by atoms with Gasteiger partial charge in [0.05, 0.1) is 19.8 Å². The van der Waals surface area contributed by atoms with Crippen molar-refractivity contribution in [2.75, 3.05) is 7.11 Å². The molecule has 0 fully saturated rings. The van der Waals surface area contributed by atoms with Gasteiger partial charge in [-0.25, -0.2) is 0 Å². The fraction of sp³-hybridized carbons (Fsp3) is 0.692. The summed E-state index contributed by atoms with van der Waals surface area (Å²) in [5.41, 5.74) is 1.21. The first-order chi connectivity index (χ1) is 13.8. The van der Waals surface area contributed by atoms with E-state index in [1.165, 1.54) is 76.2 Å². The molecule has 0 aromatic heterocycles. The molecule has 0 aliphatic carbocycles. The van der Waals surface area contributed by atoms with E-state index in [1.54, 1.807) is 7.11 Å². The summed E-state index contributed by atoms with van der Waals surface area (Å²) in [6, 6.07) is 8.19. The Morgan fingerprint density at radius 1 is 0.821 bits per heavy atom. The van der Waals surface area contributed by atoms with Crippen LogP contribution in [-0.2, 0) is 11.3 Å². The van der Waals surface area contributed by atoms with Crippen molar-refractivity contribution in [1.82, 2.24) is 0 Å². The Bertz CT molecular complexity index is 478. The van der Waals surface area contributed by atoms with Gasteiger partial charge in [0.25, 0.3) is 0 Å². The van der Waals surface area contributed by atoms with E-state index >= 15 is 0 Å². The zero-order valence-electron chi connectivity index (χ0n) is 18.8. The SMILES string of the molecule is C/C=C/C[C@@H](CCCCCCCCCCCCC)OCc1ccc(OC)cc1. The van der Waals surface area contributed by atoms with Crippen LogP contribution in [0.2, 0.25) is 0 Å². The van der Waals surface area contributed by atoms with Gasteiger partial charge in [-0.05, 0) is 37.5 Å². The van der Waals surface area contributed by atoms with Crippen molar-refractivity contribution in [1.29, 1.82) is 0 Å². The molecule has 0 bridgehead atoms. The predicted molar refractivity (Wildman–Crippen MR) is 122 cm³/mol. The van der Waals surface area contributed by atoms with Gasteiger partial charge in [-0.1, -0.05) is 102 Å². The summed E-state index contributed by atoms with van der Waals surface area (Å²) >= 11 is 0. The van der Waals surface area contributed by atoms with Gasteiger partial charge < -0.3 is 9.47 Å². The van der Waals surface area contributed by atoms with E-state index in [9.17, 15) is 0 Å². The molecule has 0 saturated carbocycles. The zero-order chi connectivity index (χ0) is 20.3. The van der Waals surface area contributed by atoms with Crippen molar-refractivity contribution in [3.8, 4) is 5.75 Å². The fourth-order valence-corrected chi connectivity index (χ4v) is 3.53. The monoisotopic (exact) mass is 388 g/mol. The first-order valence-corrected chi connectivity index (χ1v) is 11.7. The molecule has 0 amide bonds. The summed E-state index contributed by atoms with van der Waals surface area (Å²) in [4.78, 5) is 0. The highest BCUT2D eigenvalue weighted by Gasteiger charge is 2.08. The second-order valence-corrected chi connectivity index (χ2v) is 7.91. The minimum atomic E-state index is 0.330. The second kappa shape index (κ2) is 17.8. The van der Waals surface area contributed by atoms with Crippen LogP contribution in [0.25, 0.3) is 0 Å². The lowest BCUT2D eigenvalue weighted by Crippen LogP contribution is -2.12. The second-order valence-electron chi connectivity index (χ2n) is 7.91. The van der Waals surface area contributed by atoms with E-state index in [0.717, 1.165) is 18.6 Å². The summed E-state index contributed by atoms with van der Waals surface area (Å²) in [5.74, 6) is 0.898. The van der Waals surface area contributed by atoms with E-state index in [-0.39, 0.29) is 0 Å². The number of methoxy groups -OCH3 is 1. The first kappa shape index (κ1) is 24.8. The van der Waals surface area contributed by atoms with Crippen LogP contribution < -0.4 is 4.74 Å². The number of ether oxygens (including phenoxy) is 2. The summed E-state index contributed by atoms with van der Waals surface area (Å²) in [7, 11) is 1.70. The zero-order valence-corrected chi connectivity index (χ0v) is 18.8. The van der Waals surface area contributed by atoms with Crippen LogP contribution in [0.1, 0.15) is 103 Å². The molecular weight excluding hydrogens is 344 g/mol. The number of benzene rings is 1. The number of hydrogen-bond acceptors (Lipinski definition) is 2. The van der Waals surface area contributed by atoms with Crippen LogP contribution in [0.5, 0.6) is 5.75 Å². The van der Waals surface area contributed by atoms with E-state index in [0.29, 0.717) is 12.7 Å². The molecule has 0 heterocycles. The number of rotatable bonds is 18. The molecule has 1 rings (SSSR count). The number of unbranched alkanes of at least 4 members (excludes halogenated alkanes) is 10. The normalized spacial score (nSPS) is 12.5. The molecule has 1 aromatic carbocycles. The lowest BCUT2D eigenvalue weighted by molar-refractivity contribution is 0.0353. The van der Waals surface area contributed by atoms with Crippen LogP contribution in [0.4, 0.5) is 0 Å². The lowest BCUT2D eigenvalue weighted by Gasteiger charge is -2.17. The molecule has 0 radical (unpaired) electrons. The average Bonchev–Trinajstić information content (AvgIpc) is 2.73. The average molecular weight is 389 g/mol. The molecule has 160 valence electrons. The fourth-order valence-electron chi connectivity index (χ4n) is 3.53. The molecule has 0 aliphatic rings. The van der Waals surface area contributed by atoms with Gasteiger partial charge in [0.15, 0.2) is 0 Å². The quantitative estimate of drug-likeness (QED) is 0.186. The van der Waals surface area contributed by atoms with Gasteiger partial charge in [0.2, 0.25) is 0 Å². The molecular formula is C26H44O2. The Hall–Kier alpha value is -1.28. The van der Waals surface area contributed by atoms with E-state index in [2.05, 4.69) is 38.1 Å². The maximum Gasteiger partial charge on any atom is 0.118 e. The van der Waals surface area contributed by atoms with Crippen molar-refractivity contribution < 1.29 is 9.47 Å². The molecule has 0 aliphatic heterocycles. The minimum absolute atomic E-state index is 0.330. The highest BCUT2D eigenvalue weighted by atomic mass is 16.5. The van der Waals surface area contributed by atoms with Crippen molar-refractivity contribution in [3.63, 3.8) is 0 Å². The van der Waals surface area contributed by atoms with E-state index < -0.39 is 0 Å². The van der Waals surface area contributed by atoms with Crippen LogP contribution in [-0.4, -0.2) is 13.2 Å². The number of allylic oxidation sites excluding steroid dienone is 1. The topological polar surface area (TPSA) is 18.5 Å². The Morgan fingerprint density at radius 3 is 1.93 bits per heavy atom. The van der Waals surface area contributed by atoms with Crippen molar-refractivity contribution in [3.05, 3.63) is 42.0 Å². The minimum Gasteiger partial charge on any atom is -0.497 e. The Kier molecular flexibility index (Phi) is 15.7. The van der Waals surface area contributed by atoms with Crippen LogP contribution in [0.15, 0.2) is 36.4 Å². The van der Waals surface area contributed by atoms with E-state index in [1.807, 2.05) is 12.1 Å². The van der Waals surface area contributed by atoms with Gasteiger partial charge >= 0.3 is 0 Å². The molecule has 0 N–H and O–H groups in total. The van der Waals surface area contributed by atoms with E-state index in [4.69, 9.17) is 9.47 Å². The number of hydrogen-bond donors (Lipinski definition) is 0. The Labute approximate surface area is 174 Å². The van der Waals surface area contributed by atoms with Gasteiger partial charge in [-0.15, -0.1) is 0 Å². The van der Waals surface area contributed by atoms with Crippen LogP contribution in [0.3, 0.4) is 0 Å². The highest BCUT2D eigenvalue weighted by molar-refractivity contribution is 5.26. The van der Waals surface area contributed by atoms with Crippen LogP contribution in [0, 0.1) is 0 Å². The summed E-state index contributed by atoms with van der Waals surface area (Å²) in [5, 5.41) is 0. The third kappa shape index (κ3) is 13.0. The maximum atomic E-state index is 6.20. The Balaban J connectivity index is 2.12.